The smallest absolute Gasteiger partial charge is 0.224 e. The number of nitrogens with one attached hydrogen (secondary N) is 2. The standard InChI is InChI=1S/C25H33N5O/c1-3-29-14-17-12-23-21(20-8-5-9-22(29)24(17)20)11-18(15-30(23)4-2)25(31)27-10-6-7-19-13-26-16-28-19/h5,8-9,13-14,16,18,21,23H,3-4,6-7,10-12,15H2,1-2H3,(H,26,28)(H,27,31)/t18-,21?,23-/m1/s1. The molecule has 1 aromatic carbocycles. The predicted octanol–water partition coefficient (Wildman–Crippen LogP) is 3.48. The van der Waals surface area contributed by atoms with Crippen molar-refractivity contribution in [3.63, 3.8) is 0 Å². The number of fused-ring (bicyclic) bond motifs is 2. The molecule has 2 aromatic heterocycles. The molecule has 3 heterocycles. The van der Waals surface area contributed by atoms with Gasteiger partial charge in [-0.05, 0) is 56.3 Å². The molecule has 1 saturated heterocycles. The van der Waals surface area contributed by atoms with E-state index in [2.05, 4.69) is 63.0 Å². The number of likely N-dealkylation sites (tertiary alicyclic amines) is 1. The van der Waals surface area contributed by atoms with Gasteiger partial charge in [-0.3, -0.25) is 9.69 Å². The zero-order chi connectivity index (χ0) is 21.4. The summed E-state index contributed by atoms with van der Waals surface area (Å²) in [5, 5.41) is 4.65. The Hall–Kier alpha value is -2.60. The maximum Gasteiger partial charge on any atom is 0.224 e. The molecule has 2 aliphatic rings. The molecule has 6 heteroatoms. The Balaban J connectivity index is 1.32. The average Bonchev–Trinajstić information content (AvgIpc) is 3.45. The van der Waals surface area contributed by atoms with Gasteiger partial charge in [-0.1, -0.05) is 19.1 Å². The molecule has 1 aliphatic heterocycles. The number of carbonyl (C=O) groups excluding carboxylic acids is 1. The number of benzene rings is 1. The van der Waals surface area contributed by atoms with Gasteiger partial charge < -0.3 is 14.9 Å². The lowest BCUT2D eigenvalue weighted by Crippen LogP contribution is -2.53. The molecule has 0 saturated carbocycles. The largest absolute Gasteiger partial charge is 0.356 e. The van der Waals surface area contributed by atoms with Gasteiger partial charge in [0.05, 0.1) is 12.2 Å². The third-order valence-corrected chi connectivity index (χ3v) is 7.37. The zero-order valence-electron chi connectivity index (χ0n) is 18.6. The van der Waals surface area contributed by atoms with Gasteiger partial charge in [-0.2, -0.15) is 0 Å². The van der Waals surface area contributed by atoms with Gasteiger partial charge in [0.2, 0.25) is 5.91 Å². The van der Waals surface area contributed by atoms with E-state index in [1.165, 1.54) is 22.0 Å². The number of imidazole rings is 1. The van der Waals surface area contributed by atoms with Crippen molar-refractivity contribution in [3.05, 3.63) is 53.7 Å². The van der Waals surface area contributed by atoms with Crippen molar-refractivity contribution < 1.29 is 4.79 Å². The minimum atomic E-state index is 0.0541. The molecule has 1 fully saturated rings. The summed E-state index contributed by atoms with van der Waals surface area (Å²) in [6.07, 6.45) is 9.80. The minimum Gasteiger partial charge on any atom is -0.356 e. The van der Waals surface area contributed by atoms with Crippen LogP contribution in [0.3, 0.4) is 0 Å². The Morgan fingerprint density at radius 3 is 2.97 bits per heavy atom. The highest BCUT2D eigenvalue weighted by Gasteiger charge is 2.42. The van der Waals surface area contributed by atoms with Crippen LogP contribution in [0, 0.1) is 5.92 Å². The summed E-state index contributed by atoms with van der Waals surface area (Å²) in [7, 11) is 0. The van der Waals surface area contributed by atoms with Crippen LogP contribution >= 0.6 is 0 Å². The summed E-state index contributed by atoms with van der Waals surface area (Å²) >= 11 is 0. The van der Waals surface area contributed by atoms with Gasteiger partial charge in [-0.25, -0.2) is 4.98 Å². The average molecular weight is 420 g/mol. The first-order valence-corrected chi connectivity index (χ1v) is 11.8. The molecule has 1 amide bonds. The summed E-state index contributed by atoms with van der Waals surface area (Å²) in [4.78, 5) is 22.8. The number of aromatic nitrogens is 3. The van der Waals surface area contributed by atoms with E-state index in [4.69, 9.17) is 0 Å². The maximum atomic E-state index is 13.1. The predicted molar refractivity (Wildman–Crippen MR) is 123 cm³/mol. The highest BCUT2D eigenvalue weighted by molar-refractivity contribution is 5.89. The fourth-order valence-corrected chi connectivity index (χ4v) is 5.85. The van der Waals surface area contributed by atoms with Gasteiger partial charge in [0, 0.05) is 60.6 Å². The van der Waals surface area contributed by atoms with Crippen molar-refractivity contribution in [1.82, 2.24) is 24.8 Å². The monoisotopic (exact) mass is 419 g/mol. The van der Waals surface area contributed by atoms with Crippen molar-refractivity contribution in [3.8, 4) is 0 Å². The lowest BCUT2D eigenvalue weighted by Gasteiger charge is -2.46. The van der Waals surface area contributed by atoms with Crippen LogP contribution in [0.25, 0.3) is 10.9 Å². The second kappa shape index (κ2) is 8.50. The van der Waals surface area contributed by atoms with Gasteiger partial charge in [0.25, 0.3) is 0 Å². The number of amides is 1. The molecule has 31 heavy (non-hydrogen) atoms. The van der Waals surface area contributed by atoms with E-state index in [-0.39, 0.29) is 11.8 Å². The lowest BCUT2D eigenvalue weighted by atomic mass is 9.72. The third kappa shape index (κ3) is 3.67. The first kappa shape index (κ1) is 20.3. The van der Waals surface area contributed by atoms with Gasteiger partial charge in [0.1, 0.15) is 0 Å². The molecule has 3 atom stereocenters. The molecule has 6 nitrogen and oxygen atoms in total. The topological polar surface area (TPSA) is 66.0 Å². The molecule has 0 spiro atoms. The van der Waals surface area contributed by atoms with E-state index in [9.17, 15) is 4.79 Å². The van der Waals surface area contributed by atoms with Crippen molar-refractivity contribution in [2.24, 2.45) is 5.92 Å². The highest BCUT2D eigenvalue weighted by atomic mass is 16.1. The quantitative estimate of drug-likeness (QED) is 0.576. The second-order valence-corrected chi connectivity index (χ2v) is 9.05. The SMILES string of the molecule is CCN1C[C@H](C(=O)NCCCc2cnc[nH]2)CC2c3cccc4c3c(cn4CC)C[C@H]21. The van der Waals surface area contributed by atoms with Crippen LogP contribution in [0.5, 0.6) is 0 Å². The third-order valence-electron chi connectivity index (χ3n) is 7.37. The number of aryl methyl sites for hydroxylation is 2. The van der Waals surface area contributed by atoms with Crippen molar-refractivity contribution in [1.29, 1.82) is 0 Å². The Morgan fingerprint density at radius 1 is 1.29 bits per heavy atom. The molecular weight excluding hydrogens is 386 g/mol. The molecule has 5 rings (SSSR count). The number of likely N-dealkylation sites (N-methyl/N-ethyl adjacent to an activating group) is 1. The molecule has 1 unspecified atom stereocenters. The Bertz CT molecular complexity index is 1050. The van der Waals surface area contributed by atoms with Gasteiger partial charge >= 0.3 is 0 Å². The Labute approximate surface area is 184 Å². The van der Waals surface area contributed by atoms with Crippen LogP contribution < -0.4 is 5.32 Å². The number of nitrogens with zero attached hydrogens (tertiary/aromatic N) is 3. The number of piperidine rings is 1. The van der Waals surface area contributed by atoms with Crippen molar-refractivity contribution in [2.75, 3.05) is 19.6 Å². The first-order valence-electron chi connectivity index (χ1n) is 11.8. The van der Waals surface area contributed by atoms with E-state index in [1.807, 2.05) is 6.20 Å². The van der Waals surface area contributed by atoms with E-state index in [0.717, 1.165) is 51.0 Å². The molecule has 164 valence electrons. The van der Waals surface area contributed by atoms with E-state index in [0.29, 0.717) is 18.5 Å². The minimum absolute atomic E-state index is 0.0541. The van der Waals surface area contributed by atoms with Crippen LogP contribution in [-0.4, -0.2) is 51.0 Å². The fourth-order valence-electron chi connectivity index (χ4n) is 5.85. The van der Waals surface area contributed by atoms with Gasteiger partial charge in [-0.15, -0.1) is 0 Å². The zero-order valence-corrected chi connectivity index (χ0v) is 18.6. The molecular formula is C25H33N5O. The molecule has 3 aromatic rings. The summed E-state index contributed by atoms with van der Waals surface area (Å²) in [6.45, 7) is 8.01. The molecule has 2 N–H and O–H groups in total. The van der Waals surface area contributed by atoms with E-state index >= 15 is 0 Å². The molecule has 0 radical (unpaired) electrons. The van der Waals surface area contributed by atoms with E-state index in [1.54, 1.807) is 6.33 Å². The summed E-state index contributed by atoms with van der Waals surface area (Å²) < 4.78 is 2.38. The highest BCUT2D eigenvalue weighted by Crippen LogP contribution is 2.45. The van der Waals surface area contributed by atoms with Crippen LogP contribution in [0.1, 0.15) is 49.4 Å². The second-order valence-electron chi connectivity index (χ2n) is 9.05. The maximum absolute atomic E-state index is 13.1. The fraction of sp³-hybridized carbons (Fsp3) is 0.520. The summed E-state index contributed by atoms with van der Waals surface area (Å²) in [6, 6.07) is 7.25. The number of hydrogen-bond acceptors (Lipinski definition) is 3. The van der Waals surface area contributed by atoms with E-state index < -0.39 is 0 Å². The van der Waals surface area contributed by atoms with Gasteiger partial charge in [0.15, 0.2) is 0 Å². The summed E-state index contributed by atoms with van der Waals surface area (Å²) in [5.41, 5.74) is 5.40. The number of carbonyl (C=O) groups is 1. The lowest BCUT2D eigenvalue weighted by molar-refractivity contribution is -0.127. The van der Waals surface area contributed by atoms with Crippen LogP contribution in [0.4, 0.5) is 0 Å². The Kier molecular flexibility index (Phi) is 5.57. The first-order chi connectivity index (χ1) is 15.2. The normalized spacial score (nSPS) is 23.1. The number of aromatic amines is 1. The number of rotatable bonds is 7. The molecule has 1 aliphatic carbocycles. The van der Waals surface area contributed by atoms with Crippen LogP contribution in [0.15, 0.2) is 36.9 Å². The summed E-state index contributed by atoms with van der Waals surface area (Å²) in [5.74, 6) is 0.697. The van der Waals surface area contributed by atoms with Crippen LogP contribution in [0.2, 0.25) is 0 Å². The number of hydrogen-bond donors (Lipinski definition) is 2. The van der Waals surface area contributed by atoms with Crippen LogP contribution in [-0.2, 0) is 24.2 Å². The van der Waals surface area contributed by atoms with Crippen molar-refractivity contribution in [2.45, 2.75) is 58.0 Å². The molecule has 0 bridgehead atoms. The number of H-pyrrole nitrogens is 1. The Morgan fingerprint density at radius 2 is 2.19 bits per heavy atom. The van der Waals surface area contributed by atoms with Crippen molar-refractivity contribution >= 4 is 16.8 Å².